The van der Waals surface area contributed by atoms with Crippen LogP contribution in [0.4, 0.5) is 0 Å². The number of halogens is 2. The second-order valence-corrected chi connectivity index (χ2v) is 6.54. The maximum atomic E-state index is 6.34. The summed E-state index contributed by atoms with van der Waals surface area (Å²) in [5.74, 6) is 0. The fourth-order valence-electron chi connectivity index (χ4n) is 2.90. The molecule has 1 aliphatic rings. The Labute approximate surface area is 131 Å². The van der Waals surface area contributed by atoms with E-state index in [0.717, 1.165) is 24.7 Å². The molecule has 2 rings (SSSR count). The number of nitrogens with two attached hydrogens (primary N) is 1. The average Bonchev–Trinajstić information content (AvgIpc) is 2.72. The minimum Gasteiger partial charge on any atom is -0.329 e. The highest BCUT2D eigenvalue weighted by Gasteiger charge is 2.31. The molecule has 0 saturated heterocycles. The minimum atomic E-state index is 0.231. The van der Waals surface area contributed by atoms with Crippen LogP contribution in [-0.4, -0.2) is 43.5 Å². The summed E-state index contributed by atoms with van der Waals surface area (Å²) in [6.07, 6.45) is 2.37. The normalized spacial score (nSPS) is 18.8. The Morgan fingerprint density at radius 2 is 2.05 bits per heavy atom. The van der Waals surface area contributed by atoms with Crippen molar-refractivity contribution in [2.45, 2.75) is 25.4 Å². The van der Waals surface area contributed by atoms with Crippen LogP contribution >= 0.6 is 23.2 Å². The topological polar surface area (TPSA) is 32.5 Å². The van der Waals surface area contributed by atoms with Gasteiger partial charge in [0, 0.05) is 29.2 Å². The van der Waals surface area contributed by atoms with Crippen molar-refractivity contribution in [1.82, 2.24) is 9.80 Å². The Kier molecular flexibility index (Phi) is 5.70. The maximum Gasteiger partial charge on any atom is 0.0492 e. The molecule has 20 heavy (non-hydrogen) atoms. The highest BCUT2D eigenvalue weighted by Crippen LogP contribution is 2.39. The molecule has 3 nitrogen and oxygen atoms in total. The van der Waals surface area contributed by atoms with Crippen LogP contribution in [0, 0.1) is 0 Å². The second kappa shape index (κ2) is 7.10. The largest absolute Gasteiger partial charge is 0.329 e. The smallest absolute Gasteiger partial charge is 0.0492 e. The maximum absolute atomic E-state index is 6.34. The van der Waals surface area contributed by atoms with Crippen molar-refractivity contribution in [3.05, 3.63) is 33.3 Å². The first kappa shape index (κ1) is 16.1. The summed E-state index contributed by atoms with van der Waals surface area (Å²) < 4.78 is 0. The van der Waals surface area contributed by atoms with Crippen molar-refractivity contribution < 1.29 is 0 Å². The molecule has 2 N–H and O–H groups in total. The first-order valence-corrected chi connectivity index (χ1v) is 7.85. The van der Waals surface area contributed by atoms with E-state index < -0.39 is 0 Å². The SMILES string of the molecule is CN(C)CCCCN1Cc2cc(Cl)cc(Cl)c2C1CN. The summed E-state index contributed by atoms with van der Waals surface area (Å²) >= 11 is 12.4. The van der Waals surface area contributed by atoms with Gasteiger partial charge in [0.2, 0.25) is 0 Å². The van der Waals surface area contributed by atoms with Crippen LogP contribution in [0.1, 0.15) is 30.0 Å². The Hall–Kier alpha value is -0.320. The Morgan fingerprint density at radius 3 is 2.70 bits per heavy atom. The number of rotatable bonds is 6. The predicted octanol–water partition coefficient (Wildman–Crippen LogP) is 3.15. The third kappa shape index (κ3) is 3.66. The molecule has 1 aromatic carbocycles. The summed E-state index contributed by atoms with van der Waals surface area (Å²) in [7, 11) is 4.21. The summed E-state index contributed by atoms with van der Waals surface area (Å²) in [4.78, 5) is 4.64. The number of fused-ring (bicyclic) bond motifs is 1. The fraction of sp³-hybridized carbons (Fsp3) is 0.600. The first-order chi connectivity index (χ1) is 9.52. The standard InChI is InChI=1S/C15H23Cl2N3/c1-19(2)5-3-4-6-20-10-11-7-12(16)8-13(17)15(11)14(20)9-18/h7-8,14H,3-6,9-10,18H2,1-2H3. The lowest BCUT2D eigenvalue weighted by Gasteiger charge is -2.24. The molecule has 1 aliphatic heterocycles. The van der Waals surface area contributed by atoms with Gasteiger partial charge in [-0.15, -0.1) is 0 Å². The molecule has 112 valence electrons. The van der Waals surface area contributed by atoms with Crippen molar-refractivity contribution in [2.24, 2.45) is 5.73 Å². The van der Waals surface area contributed by atoms with Gasteiger partial charge in [0.1, 0.15) is 0 Å². The van der Waals surface area contributed by atoms with Crippen molar-refractivity contribution >= 4 is 23.2 Å². The van der Waals surface area contributed by atoms with Crippen molar-refractivity contribution in [3.63, 3.8) is 0 Å². The summed E-state index contributed by atoms with van der Waals surface area (Å²) in [6, 6.07) is 4.07. The fourth-order valence-corrected chi connectivity index (χ4v) is 3.56. The third-order valence-corrected chi connectivity index (χ3v) is 4.38. The molecular weight excluding hydrogens is 293 g/mol. The molecule has 1 aromatic rings. The van der Waals surface area contributed by atoms with Gasteiger partial charge in [-0.3, -0.25) is 4.90 Å². The number of nitrogens with zero attached hydrogens (tertiary/aromatic N) is 2. The molecule has 0 radical (unpaired) electrons. The van der Waals surface area contributed by atoms with Gasteiger partial charge in [0.25, 0.3) is 0 Å². The molecule has 5 heteroatoms. The van der Waals surface area contributed by atoms with E-state index in [4.69, 9.17) is 28.9 Å². The molecule has 0 fully saturated rings. The lowest BCUT2D eigenvalue weighted by Crippen LogP contribution is -2.29. The van der Waals surface area contributed by atoms with Crippen molar-refractivity contribution in [3.8, 4) is 0 Å². The minimum absolute atomic E-state index is 0.231. The molecule has 1 heterocycles. The van der Waals surface area contributed by atoms with E-state index in [1.165, 1.54) is 24.0 Å². The van der Waals surface area contributed by atoms with Crippen LogP contribution in [0.5, 0.6) is 0 Å². The molecule has 1 unspecified atom stereocenters. The number of hydrogen-bond acceptors (Lipinski definition) is 3. The zero-order valence-electron chi connectivity index (χ0n) is 12.2. The van der Waals surface area contributed by atoms with E-state index in [1.807, 2.05) is 12.1 Å². The number of unbranched alkanes of at least 4 members (excludes halogenated alkanes) is 1. The van der Waals surface area contributed by atoms with Gasteiger partial charge in [-0.2, -0.15) is 0 Å². The monoisotopic (exact) mass is 315 g/mol. The summed E-state index contributed by atoms with van der Waals surface area (Å²) in [6.45, 7) is 3.68. The van der Waals surface area contributed by atoms with E-state index in [1.54, 1.807) is 0 Å². The van der Waals surface area contributed by atoms with Crippen molar-refractivity contribution in [2.75, 3.05) is 33.7 Å². The number of hydrogen-bond donors (Lipinski definition) is 1. The van der Waals surface area contributed by atoms with Crippen LogP contribution in [0.3, 0.4) is 0 Å². The quantitative estimate of drug-likeness (QED) is 0.818. The van der Waals surface area contributed by atoms with E-state index in [0.29, 0.717) is 11.6 Å². The zero-order chi connectivity index (χ0) is 14.7. The van der Waals surface area contributed by atoms with Crippen LogP contribution in [-0.2, 0) is 6.54 Å². The van der Waals surface area contributed by atoms with Gasteiger partial charge in [-0.25, -0.2) is 0 Å². The van der Waals surface area contributed by atoms with Gasteiger partial charge >= 0.3 is 0 Å². The molecule has 0 amide bonds. The first-order valence-electron chi connectivity index (χ1n) is 7.09. The average molecular weight is 316 g/mol. The van der Waals surface area contributed by atoms with Crippen LogP contribution < -0.4 is 5.73 Å². The Bertz CT molecular complexity index is 463. The van der Waals surface area contributed by atoms with Crippen LogP contribution in [0.2, 0.25) is 10.0 Å². The molecule has 1 atom stereocenters. The summed E-state index contributed by atoms with van der Waals surface area (Å²) in [5, 5.41) is 1.46. The third-order valence-electron chi connectivity index (χ3n) is 3.85. The van der Waals surface area contributed by atoms with E-state index in [9.17, 15) is 0 Å². The lowest BCUT2D eigenvalue weighted by molar-refractivity contribution is 0.212. The molecule has 0 bridgehead atoms. The van der Waals surface area contributed by atoms with Crippen LogP contribution in [0.15, 0.2) is 12.1 Å². The van der Waals surface area contributed by atoms with Gasteiger partial charge in [0.15, 0.2) is 0 Å². The highest BCUT2D eigenvalue weighted by molar-refractivity contribution is 6.35. The Balaban J connectivity index is 2.02. The number of benzene rings is 1. The lowest BCUT2D eigenvalue weighted by atomic mass is 10.0. The van der Waals surface area contributed by atoms with Gasteiger partial charge in [-0.1, -0.05) is 23.2 Å². The second-order valence-electron chi connectivity index (χ2n) is 5.69. The molecule has 0 spiro atoms. The Morgan fingerprint density at radius 1 is 1.30 bits per heavy atom. The van der Waals surface area contributed by atoms with E-state index in [-0.39, 0.29) is 6.04 Å². The molecule has 0 saturated carbocycles. The van der Waals surface area contributed by atoms with Crippen molar-refractivity contribution in [1.29, 1.82) is 0 Å². The van der Waals surface area contributed by atoms with Gasteiger partial charge in [-0.05, 0) is 63.3 Å². The van der Waals surface area contributed by atoms with Gasteiger partial charge < -0.3 is 10.6 Å². The van der Waals surface area contributed by atoms with Gasteiger partial charge in [0.05, 0.1) is 0 Å². The highest BCUT2D eigenvalue weighted by atomic mass is 35.5. The molecular formula is C15H23Cl2N3. The van der Waals surface area contributed by atoms with E-state index in [2.05, 4.69) is 23.9 Å². The molecule has 0 aromatic heterocycles. The predicted molar refractivity (Wildman–Crippen MR) is 86.5 cm³/mol. The molecule has 0 aliphatic carbocycles. The summed E-state index contributed by atoms with van der Waals surface area (Å²) in [5.41, 5.74) is 8.36. The van der Waals surface area contributed by atoms with Crippen LogP contribution in [0.25, 0.3) is 0 Å². The zero-order valence-corrected chi connectivity index (χ0v) is 13.7. The van der Waals surface area contributed by atoms with E-state index >= 15 is 0 Å².